The lowest BCUT2D eigenvalue weighted by Crippen LogP contribution is -2.05. The third-order valence-corrected chi connectivity index (χ3v) is 4.16. The Labute approximate surface area is 138 Å². The van der Waals surface area contributed by atoms with Crippen LogP contribution in [0.1, 0.15) is 11.5 Å². The molecule has 1 N–H and O–H groups in total. The molecule has 0 atom stereocenters. The smallest absolute Gasteiger partial charge is 0.203 e. The van der Waals surface area contributed by atoms with Gasteiger partial charge in [0.15, 0.2) is 0 Å². The van der Waals surface area contributed by atoms with Crippen molar-refractivity contribution in [1.82, 2.24) is 9.55 Å². The van der Waals surface area contributed by atoms with Gasteiger partial charge in [-0.2, -0.15) is 0 Å². The molecule has 0 aliphatic carbocycles. The van der Waals surface area contributed by atoms with Crippen molar-refractivity contribution in [2.45, 2.75) is 13.5 Å². The van der Waals surface area contributed by atoms with Crippen molar-refractivity contribution in [2.75, 3.05) is 5.32 Å². The normalized spacial score (nSPS) is 10.9. The summed E-state index contributed by atoms with van der Waals surface area (Å²) in [4.78, 5) is 4.40. The average Bonchev–Trinajstić information content (AvgIpc) is 3.06. The van der Waals surface area contributed by atoms with Gasteiger partial charge in [-0.3, -0.25) is 0 Å². The fourth-order valence-electron chi connectivity index (χ4n) is 2.24. The molecule has 0 aliphatic rings. The van der Waals surface area contributed by atoms with Gasteiger partial charge in [-0.05, 0) is 31.2 Å². The summed E-state index contributed by atoms with van der Waals surface area (Å²) in [7, 11) is 1.95. The molecule has 1 aromatic carbocycles. The second kappa shape index (κ2) is 6.07. The molecule has 6 heteroatoms. The van der Waals surface area contributed by atoms with Crippen LogP contribution >= 0.6 is 23.2 Å². The van der Waals surface area contributed by atoms with Gasteiger partial charge in [0, 0.05) is 12.6 Å². The first-order valence-corrected chi connectivity index (χ1v) is 7.56. The lowest BCUT2D eigenvalue weighted by Gasteiger charge is -2.08. The Balaban J connectivity index is 1.80. The summed E-state index contributed by atoms with van der Waals surface area (Å²) < 4.78 is 7.50. The van der Waals surface area contributed by atoms with E-state index in [4.69, 9.17) is 27.6 Å². The minimum absolute atomic E-state index is 0.529. The third kappa shape index (κ3) is 2.98. The zero-order valence-corrected chi connectivity index (χ0v) is 13.7. The van der Waals surface area contributed by atoms with Crippen molar-refractivity contribution in [3.05, 3.63) is 58.1 Å². The Morgan fingerprint density at radius 1 is 1.18 bits per heavy atom. The Bertz CT molecular complexity index is 808. The summed E-state index contributed by atoms with van der Waals surface area (Å²) in [5.74, 6) is 2.53. The number of furan rings is 1. The van der Waals surface area contributed by atoms with E-state index in [-0.39, 0.29) is 0 Å². The number of aryl methyl sites for hydroxylation is 1. The summed E-state index contributed by atoms with van der Waals surface area (Å²) >= 11 is 12.0. The molecule has 0 saturated heterocycles. The molecule has 0 aliphatic heterocycles. The number of hydrogen-bond acceptors (Lipinski definition) is 3. The second-order valence-electron chi connectivity index (χ2n) is 5.02. The van der Waals surface area contributed by atoms with Crippen molar-refractivity contribution in [1.29, 1.82) is 0 Å². The van der Waals surface area contributed by atoms with E-state index >= 15 is 0 Å². The zero-order chi connectivity index (χ0) is 15.7. The molecule has 0 saturated carbocycles. The molecule has 0 unspecified atom stereocenters. The Kier molecular flexibility index (Phi) is 4.14. The van der Waals surface area contributed by atoms with E-state index in [1.165, 1.54) is 0 Å². The minimum Gasteiger partial charge on any atom is -0.465 e. The number of nitrogens with one attached hydrogen (secondary N) is 1. The first kappa shape index (κ1) is 15.0. The van der Waals surface area contributed by atoms with E-state index in [9.17, 15) is 0 Å². The van der Waals surface area contributed by atoms with Crippen LogP contribution in [-0.2, 0) is 13.6 Å². The fourth-order valence-corrected chi connectivity index (χ4v) is 2.54. The van der Waals surface area contributed by atoms with Crippen LogP contribution in [-0.4, -0.2) is 9.55 Å². The molecule has 3 aromatic rings. The minimum atomic E-state index is 0.529. The van der Waals surface area contributed by atoms with Crippen molar-refractivity contribution in [3.8, 4) is 11.3 Å². The molecule has 114 valence electrons. The Morgan fingerprint density at radius 2 is 2.00 bits per heavy atom. The highest BCUT2D eigenvalue weighted by Gasteiger charge is 2.10. The molecule has 0 bridgehead atoms. The maximum atomic E-state index is 6.08. The van der Waals surface area contributed by atoms with E-state index < -0.39 is 0 Å². The van der Waals surface area contributed by atoms with Crippen molar-refractivity contribution >= 4 is 29.2 Å². The molecular formula is C16H15Cl2N3O. The van der Waals surface area contributed by atoms with Gasteiger partial charge in [-0.1, -0.05) is 29.3 Å². The van der Waals surface area contributed by atoms with Crippen molar-refractivity contribution in [3.63, 3.8) is 0 Å². The zero-order valence-electron chi connectivity index (χ0n) is 12.2. The fraction of sp³-hybridized carbons (Fsp3) is 0.188. The predicted molar refractivity (Wildman–Crippen MR) is 89.4 cm³/mol. The van der Waals surface area contributed by atoms with Crippen LogP contribution in [0.2, 0.25) is 10.0 Å². The number of hydrogen-bond donors (Lipinski definition) is 1. The van der Waals surface area contributed by atoms with Crippen LogP contribution in [0, 0.1) is 6.92 Å². The van der Waals surface area contributed by atoms with Crippen LogP contribution in [0.3, 0.4) is 0 Å². The number of nitrogens with zero attached hydrogens (tertiary/aromatic N) is 2. The number of anilines is 1. The molecule has 2 aromatic heterocycles. The van der Waals surface area contributed by atoms with Crippen LogP contribution < -0.4 is 5.32 Å². The summed E-state index contributed by atoms with van der Waals surface area (Å²) in [5.41, 5.74) is 1.92. The SMILES string of the molecule is Cc1ccc(CNc2ncc(-c3ccc(Cl)c(Cl)c3)n2C)o1. The summed E-state index contributed by atoms with van der Waals surface area (Å²) in [6.07, 6.45) is 1.80. The number of halogens is 2. The van der Waals surface area contributed by atoms with E-state index in [2.05, 4.69) is 10.3 Å². The van der Waals surface area contributed by atoms with Gasteiger partial charge in [0.2, 0.25) is 5.95 Å². The number of imidazole rings is 1. The van der Waals surface area contributed by atoms with Crippen molar-refractivity contribution in [2.24, 2.45) is 7.05 Å². The van der Waals surface area contributed by atoms with Gasteiger partial charge in [-0.25, -0.2) is 4.98 Å². The standard InChI is InChI=1S/C16H15Cl2N3O/c1-10-3-5-12(22-10)8-19-16-20-9-15(21(16)2)11-4-6-13(17)14(18)7-11/h3-7,9H,8H2,1-2H3,(H,19,20). The van der Waals surface area contributed by atoms with Gasteiger partial charge >= 0.3 is 0 Å². The van der Waals surface area contributed by atoms with Gasteiger partial charge in [-0.15, -0.1) is 0 Å². The monoisotopic (exact) mass is 335 g/mol. The van der Waals surface area contributed by atoms with Gasteiger partial charge in [0.1, 0.15) is 11.5 Å². The van der Waals surface area contributed by atoms with Crippen LogP contribution in [0.15, 0.2) is 40.9 Å². The van der Waals surface area contributed by atoms with E-state index in [0.29, 0.717) is 16.6 Å². The molecule has 3 rings (SSSR count). The molecule has 22 heavy (non-hydrogen) atoms. The van der Waals surface area contributed by atoms with Gasteiger partial charge in [0.05, 0.1) is 28.5 Å². The first-order valence-electron chi connectivity index (χ1n) is 6.81. The van der Waals surface area contributed by atoms with E-state index in [1.807, 2.05) is 42.8 Å². The lowest BCUT2D eigenvalue weighted by atomic mass is 10.2. The number of benzene rings is 1. The van der Waals surface area contributed by atoms with E-state index in [0.717, 1.165) is 28.7 Å². The quantitative estimate of drug-likeness (QED) is 0.736. The first-order chi connectivity index (χ1) is 10.5. The highest BCUT2D eigenvalue weighted by atomic mass is 35.5. The van der Waals surface area contributed by atoms with E-state index in [1.54, 1.807) is 12.3 Å². The molecular weight excluding hydrogens is 321 g/mol. The van der Waals surface area contributed by atoms with Gasteiger partial charge < -0.3 is 14.3 Å². The van der Waals surface area contributed by atoms with Crippen LogP contribution in [0.4, 0.5) is 5.95 Å². The third-order valence-electron chi connectivity index (χ3n) is 3.42. The largest absolute Gasteiger partial charge is 0.465 e. The molecule has 0 amide bonds. The molecule has 0 radical (unpaired) electrons. The van der Waals surface area contributed by atoms with Crippen molar-refractivity contribution < 1.29 is 4.42 Å². The number of aromatic nitrogens is 2. The Morgan fingerprint density at radius 3 is 2.68 bits per heavy atom. The highest BCUT2D eigenvalue weighted by Crippen LogP contribution is 2.29. The number of rotatable bonds is 4. The molecule has 0 spiro atoms. The topological polar surface area (TPSA) is 43.0 Å². The summed E-state index contributed by atoms with van der Waals surface area (Å²) in [6, 6.07) is 9.43. The molecule has 0 fully saturated rings. The van der Waals surface area contributed by atoms with Gasteiger partial charge in [0.25, 0.3) is 0 Å². The maximum absolute atomic E-state index is 6.08. The lowest BCUT2D eigenvalue weighted by molar-refractivity contribution is 0.490. The van der Waals surface area contributed by atoms with Crippen LogP contribution in [0.25, 0.3) is 11.3 Å². The molecule has 4 nitrogen and oxygen atoms in total. The Hall–Kier alpha value is -1.91. The summed E-state index contributed by atoms with van der Waals surface area (Å²) in [5, 5.41) is 4.33. The highest BCUT2D eigenvalue weighted by molar-refractivity contribution is 6.42. The predicted octanol–water partition coefficient (Wildman–Crippen LogP) is 4.91. The average molecular weight is 336 g/mol. The maximum Gasteiger partial charge on any atom is 0.203 e. The van der Waals surface area contributed by atoms with Crippen LogP contribution in [0.5, 0.6) is 0 Å². The second-order valence-corrected chi connectivity index (χ2v) is 5.84. The molecule has 2 heterocycles. The summed E-state index contributed by atoms with van der Waals surface area (Å²) in [6.45, 7) is 2.51.